The maximum absolute atomic E-state index is 12.6. The number of hydrogen-bond acceptors (Lipinski definition) is 4. The van der Waals surface area contributed by atoms with Crippen LogP contribution in [0.5, 0.6) is 0 Å². The van der Waals surface area contributed by atoms with Crippen LogP contribution in [0.15, 0.2) is 35.2 Å². The first kappa shape index (κ1) is 17.2. The number of carbonyl (C=O) groups is 2. The van der Waals surface area contributed by atoms with Crippen LogP contribution in [-0.4, -0.2) is 45.6 Å². The van der Waals surface area contributed by atoms with E-state index in [4.69, 9.17) is 12.2 Å². The molecule has 2 aliphatic rings. The van der Waals surface area contributed by atoms with Gasteiger partial charge in [-0.25, -0.2) is 0 Å². The highest BCUT2D eigenvalue weighted by Gasteiger charge is 2.34. The van der Waals surface area contributed by atoms with Crippen LogP contribution in [0.4, 0.5) is 0 Å². The van der Waals surface area contributed by atoms with Gasteiger partial charge in [0, 0.05) is 13.1 Å². The van der Waals surface area contributed by atoms with Gasteiger partial charge >= 0.3 is 0 Å². The number of thioether (sulfide) groups is 1. The van der Waals surface area contributed by atoms with Gasteiger partial charge in [0.2, 0.25) is 5.91 Å². The lowest BCUT2D eigenvalue weighted by Gasteiger charge is -2.23. The van der Waals surface area contributed by atoms with E-state index in [0.717, 1.165) is 31.5 Å². The first-order chi connectivity index (χ1) is 11.6. The number of rotatable bonds is 3. The third kappa shape index (κ3) is 4.05. The normalized spacial score (nSPS) is 20.6. The lowest BCUT2D eigenvalue weighted by Crippen LogP contribution is -2.42. The summed E-state index contributed by atoms with van der Waals surface area (Å²) in [6, 6.07) is 9.66. The summed E-state index contributed by atoms with van der Waals surface area (Å²) < 4.78 is 0.463. The van der Waals surface area contributed by atoms with Crippen LogP contribution in [0.3, 0.4) is 0 Å². The predicted molar refractivity (Wildman–Crippen MR) is 101 cm³/mol. The molecule has 24 heavy (non-hydrogen) atoms. The molecule has 2 aliphatic heterocycles. The third-order valence-corrected chi connectivity index (χ3v) is 5.60. The van der Waals surface area contributed by atoms with E-state index in [2.05, 4.69) is 0 Å². The zero-order valence-corrected chi connectivity index (χ0v) is 15.1. The third-order valence-electron chi connectivity index (χ3n) is 4.22. The lowest BCUT2D eigenvalue weighted by molar-refractivity contribution is -0.135. The van der Waals surface area contributed by atoms with E-state index in [-0.39, 0.29) is 18.4 Å². The molecule has 1 aromatic carbocycles. The van der Waals surface area contributed by atoms with Crippen LogP contribution >= 0.6 is 24.0 Å². The molecule has 6 heteroatoms. The molecule has 0 atom stereocenters. The van der Waals surface area contributed by atoms with Crippen molar-refractivity contribution in [3.8, 4) is 0 Å². The van der Waals surface area contributed by atoms with E-state index in [1.165, 1.54) is 29.5 Å². The molecule has 2 heterocycles. The maximum atomic E-state index is 12.6. The molecule has 0 aliphatic carbocycles. The van der Waals surface area contributed by atoms with Gasteiger partial charge in [-0.05, 0) is 24.5 Å². The van der Waals surface area contributed by atoms with Crippen LogP contribution in [0.25, 0.3) is 6.08 Å². The maximum Gasteiger partial charge on any atom is 0.266 e. The van der Waals surface area contributed by atoms with Crippen molar-refractivity contribution in [1.82, 2.24) is 9.80 Å². The van der Waals surface area contributed by atoms with Gasteiger partial charge in [-0.1, -0.05) is 67.2 Å². The number of amides is 2. The Balaban J connectivity index is 1.68. The Labute approximate surface area is 151 Å². The van der Waals surface area contributed by atoms with Crippen LogP contribution < -0.4 is 0 Å². The number of likely N-dealkylation sites (tertiary alicyclic amines) is 1. The summed E-state index contributed by atoms with van der Waals surface area (Å²) in [4.78, 5) is 29.0. The predicted octanol–water partition coefficient (Wildman–Crippen LogP) is 3.29. The van der Waals surface area contributed by atoms with Crippen LogP contribution in [0.1, 0.15) is 31.2 Å². The number of carbonyl (C=O) groups excluding carboxylic acids is 2. The molecular formula is C18H20N2O2S2. The fourth-order valence-corrected chi connectivity index (χ4v) is 4.15. The van der Waals surface area contributed by atoms with Crippen molar-refractivity contribution in [3.63, 3.8) is 0 Å². The Morgan fingerprint density at radius 3 is 2.46 bits per heavy atom. The lowest BCUT2D eigenvalue weighted by atomic mass is 10.2. The van der Waals surface area contributed by atoms with Gasteiger partial charge in [0.25, 0.3) is 5.91 Å². The first-order valence-electron chi connectivity index (χ1n) is 8.23. The second-order valence-electron chi connectivity index (χ2n) is 5.97. The number of hydrogen-bond donors (Lipinski definition) is 0. The zero-order valence-electron chi connectivity index (χ0n) is 13.4. The van der Waals surface area contributed by atoms with Crippen LogP contribution in [0.2, 0.25) is 0 Å². The van der Waals surface area contributed by atoms with E-state index in [0.29, 0.717) is 9.23 Å². The zero-order chi connectivity index (χ0) is 16.9. The average Bonchev–Trinajstić information content (AvgIpc) is 2.80. The summed E-state index contributed by atoms with van der Waals surface area (Å²) >= 11 is 6.58. The smallest absolute Gasteiger partial charge is 0.266 e. The minimum atomic E-state index is -0.169. The fourth-order valence-electron chi connectivity index (χ4n) is 2.89. The number of benzene rings is 1. The van der Waals surface area contributed by atoms with Gasteiger partial charge < -0.3 is 4.90 Å². The highest BCUT2D eigenvalue weighted by Crippen LogP contribution is 2.32. The highest BCUT2D eigenvalue weighted by atomic mass is 32.2. The Kier molecular flexibility index (Phi) is 5.68. The van der Waals surface area contributed by atoms with Gasteiger partial charge in [-0.3, -0.25) is 14.5 Å². The van der Waals surface area contributed by atoms with E-state index in [1.807, 2.05) is 41.3 Å². The van der Waals surface area contributed by atoms with Crippen LogP contribution in [-0.2, 0) is 9.59 Å². The molecule has 0 saturated carbocycles. The number of thiocarbonyl (C=S) groups is 1. The second kappa shape index (κ2) is 7.94. The Bertz CT molecular complexity index is 665. The van der Waals surface area contributed by atoms with Gasteiger partial charge in [0.05, 0.1) is 4.91 Å². The molecule has 0 radical (unpaired) electrons. The molecule has 2 fully saturated rings. The van der Waals surface area contributed by atoms with Crippen molar-refractivity contribution in [2.75, 3.05) is 19.6 Å². The molecule has 0 bridgehead atoms. The summed E-state index contributed by atoms with van der Waals surface area (Å²) in [6.45, 7) is 1.62. The second-order valence-corrected chi connectivity index (χ2v) is 7.65. The summed E-state index contributed by atoms with van der Waals surface area (Å²) in [6.07, 6.45) is 6.25. The molecule has 0 aromatic heterocycles. The molecular weight excluding hydrogens is 340 g/mol. The molecule has 0 unspecified atom stereocenters. The van der Waals surface area contributed by atoms with Crippen molar-refractivity contribution >= 4 is 46.2 Å². The summed E-state index contributed by atoms with van der Waals surface area (Å²) in [7, 11) is 0. The summed E-state index contributed by atoms with van der Waals surface area (Å²) in [5.74, 6) is -0.175. The van der Waals surface area contributed by atoms with E-state index >= 15 is 0 Å². The number of nitrogens with zero attached hydrogens (tertiary/aromatic N) is 2. The highest BCUT2D eigenvalue weighted by molar-refractivity contribution is 8.26. The van der Waals surface area contributed by atoms with Crippen molar-refractivity contribution in [2.24, 2.45) is 0 Å². The topological polar surface area (TPSA) is 40.6 Å². The van der Waals surface area contributed by atoms with Crippen molar-refractivity contribution < 1.29 is 9.59 Å². The standard InChI is InChI=1S/C18H20N2O2S2/c21-16(19-10-6-1-2-7-11-19)13-20-17(22)15(24-18(20)23)12-14-8-4-3-5-9-14/h3-5,8-9,12H,1-2,6-7,10-11,13H2/b15-12+. The Morgan fingerprint density at radius 2 is 1.79 bits per heavy atom. The van der Waals surface area contributed by atoms with Crippen molar-refractivity contribution in [1.29, 1.82) is 0 Å². The fraction of sp³-hybridized carbons (Fsp3) is 0.389. The molecule has 2 amide bonds. The SMILES string of the molecule is O=C(CN1C(=O)/C(=C\c2ccccc2)SC1=S)N1CCCCCC1. The Morgan fingerprint density at radius 1 is 1.12 bits per heavy atom. The van der Waals surface area contributed by atoms with Gasteiger partial charge in [-0.15, -0.1) is 0 Å². The largest absolute Gasteiger partial charge is 0.341 e. The molecule has 0 spiro atoms. The Hall–Kier alpha value is -1.66. The molecule has 3 rings (SSSR count). The van der Waals surface area contributed by atoms with Gasteiger partial charge in [-0.2, -0.15) is 0 Å². The molecule has 2 saturated heterocycles. The molecule has 4 nitrogen and oxygen atoms in total. The molecule has 0 N–H and O–H groups in total. The molecule has 1 aromatic rings. The van der Waals surface area contributed by atoms with E-state index in [9.17, 15) is 9.59 Å². The first-order valence-corrected chi connectivity index (χ1v) is 9.46. The van der Waals surface area contributed by atoms with Crippen molar-refractivity contribution in [3.05, 3.63) is 40.8 Å². The average molecular weight is 361 g/mol. The van der Waals surface area contributed by atoms with Crippen molar-refractivity contribution in [2.45, 2.75) is 25.7 Å². The minimum Gasteiger partial charge on any atom is -0.341 e. The summed E-state index contributed by atoms with van der Waals surface area (Å²) in [5.41, 5.74) is 0.955. The van der Waals surface area contributed by atoms with Gasteiger partial charge in [0.15, 0.2) is 0 Å². The molecule has 126 valence electrons. The monoisotopic (exact) mass is 360 g/mol. The minimum absolute atomic E-state index is 0.00541. The van der Waals surface area contributed by atoms with Crippen LogP contribution in [0, 0.1) is 0 Å². The van der Waals surface area contributed by atoms with E-state index < -0.39 is 0 Å². The summed E-state index contributed by atoms with van der Waals surface area (Å²) in [5, 5.41) is 0. The quantitative estimate of drug-likeness (QED) is 0.613. The van der Waals surface area contributed by atoms with E-state index in [1.54, 1.807) is 0 Å². The van der Waals surface area contributed by atoms with Gasteiger partial charge in [0.1, 0.15) is 10.9 Å².